The number of nitrogens with zero attached hydrogens (tertiary/aromatic N) is 1. The molecule has 1 nitrogen and oxygen atoms in total. The molecule has 2 heteroatoms. The maximum Gasteiger partial charge on any atom is 0.0803 e. The highest BCUT2D eigenvalue weighted by Crippen LogP contribution is 2.47. The molecule has 2 heterocycles. The van der Waals surface area contributed by atoms with Crippen molar-refractivity contribution in [2.45, 2.75) is 9.79 Å². The topological polar surface area (TPSA) is 12.9 Å². The molecular formula is C19H11NS. The van der Waals surface area contributed by atoms with E-state index in [0.29, 0.717) is 0 Å². The molecule has 0 amide bonds. The first-order valence-corrected chi connectivity index (χ1v) is 7.80. The number of pyridine rings is 1. The van der Waals surface area contributed by atoms with E-state index in [1.54, 1.807) is 0 Å². The summed E-state index contributed by atoms with van der Waals surface area (Å²) in [6.07, 6.45) is 1.91. The summed E-state index contributed by atoms with van der Waals surface area (Å²) in [5.41, 5.74) is 2.37. The Morgan fingerprint density at radius 3 is 2.43 bits per heavy atom. The van der Waals surface area contributed by atoms with E-state index >= 15 is 0 Å². The monoisotopic (exact) mass is 285 g/mol. The van der Waals surface area contributed by atoms with Crippen molar-refractivity contribution in [1.29, 1.82) is 0 Å². The minimum atomic E-state index is 1.11. The molecule has 0 atom stereocenters. The van der Waals surface area contributed by atoms with Crippen LogP contribution in [0.5, 0.6) is 0 Å². The van der Waals surface area contributed by atoms with E-state index in [1.165, 1.54) is 36.9 Å². The molecule has 0 spiro atoms. The van der Waals surface area contributed by atoms with Crippen molar-refractivity contribution in [2.24, 2.45) is 0 Å². The number of benzene rings is 3. The summed E-state index contributed by atoms with van der Waals surface area (Å²) in [4.78, 5) is 7.27. The highest BCUT2D eigenvalue weighted by atomic mass is 32.2. The van der Waals surface area contributed by atoms with Crippen LogP contribution >= 0.6 is 11.8 Å². The molecule has 0 fully saturated rings. The van der Waals surface area contributed by atoms with Crippen molar-refractivity contribution < 1.29 is 0 Å². The minimum absolute atomic E-state index is 1.11. The summed E-state index contributed by atoms with van der Waals surface area (Å²) in [7, 11) is 0. The summed E-state index contributed by atoms with van der Waals surface area (Å²) in [6, 6.07) is 21.6. The SMILES string of the molecule is c1ccc2cc3c(cc2c1)Sc1cccc2ccnc-3c12. The molecule has 0 saturated carbocycles. The fourth-order valence-electron chi connectivity index (χ4n) is 3.09. The summed E-state index contributed by atoms with van der Waals surface area (Å²) in [5.74, 6) is 0. The Hall–Kier alpha value is -2.32. The second-order valence-corrected chi connectivity index (χ2v) is 6.40. The van der Waals surface area contributed by atoms with Crippen LogP contribution in [0, 0.1) is 0 Å². The predicted octanol–water partition coefficient (Wildman–Crippen LogP) is 5.52. The van der Waals surface area contributed by atoms with Crippen molar-refractivity contribution in [3.8, 4) is 11.3 Å². The van der Waals surface area contributed by atoms with Crippen LogP contribution in [0.2, 0.25) is 0 Å². The lowest BCUT2D eigenvalue weighted by Gasteiger charge is -2.19. The smallest absolute Gasteiger partial charge is 0.0803 e. The van der Waals surface area contributed by atoms with Gasteiger partial charge in [-0.25, -0.2) is 0 Å². The number of hydrogen-bond acceptors (Lipinski definition) is 2. The number of aromatic nitrogens is 1. The lowest BCUT2D eigenvalue weighted by atomic mass is 10.00. The molecule has 3 aromatic carbocycles. The minimum Gasteiger partial charge on any atom is -0.256 e. The van der Waals surface area contributed by atoms with Crippen molar-refractivity contribution in [1.82, 2.24) is 4.98 Å². The Kier molecular flexibility index (Phi) is 2.21. The van der Waals surface area contributed by atoms with Crippen molar-refractivity contribution in [2.75, 3.05) is 0 Å². The van der Waals surface area contributed by atoms with Crippen LogP contribution in [-0.4, -0.2) is 4.98 Å². The van der Waals surface area contributed by atoms with Gasteiger partial charge in [-0.05, 0) is 40.4 Å². The first-order chi connectivity index (χ1) is 10.4. The van der Waals surface area contributed by atoms with E-state index in [-0.39, 0.29) is 0 Å². The molecule has 98 valence electrons. The van der Waals surface area contributed by atoms with Gasteiger partial charge in [-0.3, -0.25) is 4.98 Å². The Bertz CT molecular complexity index is 1020. The number of hydrogen-bond donors (Lipinski definition) is 0. The van der Waals surface area contributed by atoms with Gasteiger partial charge in [0.05, 0.1) is 5.69 Å². The Labute approximate surface area is 126 Å². The first-order valence-electron chi connectivity index (χ1n) is 6.99. The van der Waals surface area contributed by atoms with Crippen LogP contribution < -0.4 is 0 Å². The quantitative estimate of drug-likeness (QED) is 0.371. The fourth-order valence-corrected chi connectivity index (χ4v) is 4.25. The van der Waals surface area contributed by atoms with Gasteiger partial charge in [0.1, 0.15) is 0 Å². The molecule has 5 rings (SSSR count). The lowest BCUT2D eigenvalue weighted by molar-refractivity contribution is 1.29. The van der Waals surface area contributed by atoms with Crippen molar-refractivity contribution in [3.05, 3.63) is 66.9 Å². The second-order valence-electron chi connectivity index (χ2n) is 5.31. The average Bonchev–Trinajstić information content (AvgIpc) is 2.54. The maximum atomic E-state index is 4.67. The highest BCUT2D eigenvalue weighted by molar-refractivity contribution is 7.99. The van der Waals surface area contributed by atoms with E-state index in [1.807, 2.05) is 18.0 Å². The number of rotatable bonds is 0. The maximum absolute atomic E-state index is 4.67. The Balaban J connectivity index is 1.95. The van der Waals surface area contributed by atoms with Crippen LogP contribution in [0.1, 0.15) is 0 Å². The van der Waals surface area contributed by atoms with Crippen molar-refractivity contribution in [3.63, 3.8) is 0 Å². The van der Waals surface area contributed by atoms with Crippen LogP contribution in [0.3, 0.4) is 0 Å². The van der Waals surface area contributed by atoms with Crippen LogP contribution in [-0.2, 0) is 0 Å². The normalized spacial score (nSPS) is 12.6. The molecule has 21 heavy (non-hydrogen) atoms. The van der Waals surface area contributed by atoms with Gasteiger partial charge in [-0.1, -0.05) is 48.2 Å². The fraction of sp³-hybridized carbons (Fsp3) is 0. The molecule has 0 radical (unpaired) electrons. The van der Waals surface area contributed by atoms with Gasteiger partial charge in [0.25, 0.3) is 0 Å². The van der Waals surface area contributed by atoms with Crippen LogP contribution in [0.25, 0.3) is 32.8 Å². The van der Waals surface area contributed by atoms with Crippen LogP contribution in [0.4, 0.5) is 0 Å². The van der Waals surface area contributed by atoms with E-state index in [9.17, 15) is 0 Å². The first kappa shape index (κ1) is 11.4. The zero-order chi connectivity index (χ0) is 13.8. The third-order valence-corrected chi connectivity index (χ3v) is 5.19. The Morgan fingerprint density at radius 2 is 1.52 bits per heavy atom. The predicted molar refractivity (Wildman–Crippen MR) is 88.8 cm³/mol. The van der Waals surface area contributed by atoms with Gasteiger partial charge >= 0.3 is 0 Å². The van der Waals surface area contributed by atoms with E-state index < -0.39 is 0 Å². The second kappa shape index (κ2) is 4.09. The molecule has 0 aliphatic carbocycles. The van der Waals surface area contributed by atoms with E-state index in [2.05, 4.69) is 65.6 Å². The molecule has 0 unspecified atom stereocenters. The van der Waals surface area contributed by atoms with Gasteiger partial charge in [0.2, 0.25) is 0 Å². The van der Waals surface area contributed by atoms with E-state index in [0.717, 1.165) is 5.69 Å². The van der Waals surface area contributed by atoms with Crippen LogP contribution in [0.15, 0.2) is 76.7 Å². The standard InChI is InChI=1S/C19H11NS/c1-2-5-14-11-17-15(10-13(14)4-1)19-18-12(8-9-20-19)6-3-7-16(18)21-17/h1-11H. The number of fused-ring (bicyclic) bond motifs is 3. The van der Waals surface area contributed by atoms with Gasteiger partial charge in [-0.15, -0.1) is 0 Å². The largest absolute Gasteiger partial charge is 0.256 e. The summed E-state index contributed by atoms with van der Waals surface area (Å²) in [6.45, 7) is 0. The molecular weight excluding hydrogens is 274 g/mol. The molecule has 1 aromatic heterocycles. The molecule has 4 aromatic rings. The third kappa shape index (κ3) is 1.57. The molecule has 0 saturated heterocycles. The molecule has 1 aliphatic rings. The van der Waals surface area contributed by atoms with Gasteiger partial charge < -0.3 is 0 Å². The zero-order valence-electron chi connectivity index (χ0n) is 11.2. The molecule has 0 bridgehead atoms. The van der Waals surface area contributed by atoms with Gasteiger partial charge in [0.15, 0.2) is 0 Å². The van der Waals surface area contributed by atoms with Gasteiger partial charge in [-0.2, -0.15) is 0 Å². The lowest BCUT2D eigenvalue weighted by Crippen LogP contribution is -1.95. The van der Waals surface area contributed by atoms with Crippen molar-refractivity contribution >= 4 is 33.3 Å². The highest BCUT2D eigenvalue weighted by Gasteiger charge is 2.20. The Morgan fingerprint density at radius 1 is 0.714 bits per heavy atom. The zero-order valence-corrected chi connectivity index (χ0v) is 12.0. The molecule has 1 aliphatic heterocycles. The molecule has 0 N–H and O–H groups in total. The van der Waals surface area contributed by atoms with Gasteiger partial charge in [0, 0.05) is 26.9 Å². The summed E-state index contributed by atoms with van der Waals surface area (Å²) >= 11 is 1.85. The summed E-state index contributed by atoms with van der Waals surface area (Å²) < 4.78 is 0. The summed E-state index contributed by atoms with van der Waals surface area (Å²) in [5, 5.41) is 5.11. The third-order valence-electron chi connectivity index (χ3n) is 4.08. The van der Waals surface area contributed by atoms with E-state index in [4.69, 9.17) is 0 Å². The average molecular weight is 285 g/mol.